The van der Waals surface area contributed by atoms with E-state index >= 15 is 0 Å². The van der Waals surface area contributed by atoms with E-state index in [1.54, 1.807) is 31.2 Å². The maximum Gasteiger partial charge on any atom is 0.513 e. The van der Waals surface area contributed by atoms with E-state index in [-0.39, 0.29) is 30.4 Å². The highest BCUT2D eigenvalue weighted by molar-refractivity contribution is 6.00. The molecule has 2 aliphatic rings. The third-order valence-electron chi connectivity index (χ3n) is 6.21. The molecular formula is C25H24N2O9. The number of ether oxygens (including phenoxy) is 3. The monoisotopic (exact) mass is 496 g/mol. The summed E-state index contributed by atoms with van der Waals surface area (Å²) in [5.41, 5.74) is 0.880. The number of carbonyl (C=O) groups is 3. The minimum Gasteiger partial charge on any atom is -0.456 e. The number of aliphatic hydroxyl groups is 1. The number of β-lactam (4-membered cyclic amide) rings is 1. The van der Waals surface area contributed by atoms with Crippen molar-refractivity contribution < 1.29 is 38.6 Å². The van der Waals surface area contributed by atoms with Gasteiger partial charge in [0.05, 0.1) is 23.0 Å². The fourth-order valence-electron chi connectivity index (χ4n) is 4.41. The van der Waals surface area contributed by atoms with Crippen molar-refractivity contribution >= 4 is 23.7 Å². The van der Waals surface area contributed by atoms with Crippen LogP contribution in [0.5, 0.6) is 0 Å². The summed E-state index contributed by atoms with van der Waals surface area (Å²) in [6, 6.07) is 13.8. The van der Waals surface area contributed by atoms with Gasteiger partial charge in [0.1, 0.15) is 19.0 Å². The molecule has 1 N–H and O–H groups in total. The predicted octanol–water partition coefficient (Wildman–Crippen LogP) is 3.06. The van der Waals surface area contributed by atoms with Crippen LogP contribution >= 0.6 is 0 Å². The number of nitro benzene ring substituents is 1. The molecule has 0 aromatic heterocycles. The lowest BCUT2D eigenvalue weighted by molar-refractivity contribution is -0.384. The molecule has 4 atom stereocenters. The maximum atomic E-state index is 13.0. The normalized spacial score (nSPS) is 21.4. The Balaban J connectivity index is 1.51. The van der Waals surface area contributed by atoms with Gasteiger partial charge in [-0.05, 0) is 30.2 Å². The average Bonchev–Trinajstić information content (AvgIpc) is 3.09. The largest absolute Gasteiger partial charge is 0.513 e. The van der Waals surface area contributed by atoms with Crippen LogP contribution in [0.2, 0.25) is 0 Å². The van der Waals surface area contributed by atoms with E-state index in [9.17, 15) is 29.6 Å². The number of non-ortho nitro benzene ring substituents is 1. The Morgan fingerprint density at radius 3 is 2.28 bits per heavy atom. The molecule has 188 valence electrons. The first kappa shape index (κ1) is 24.9. The van der Waals surface area contributed by atoms with E-state index in [0.29, 0.717) is 5.56 Å². The Morgan fingerprint density at radius 2 is 1.67 bits per heavy atom. The first-order valence-electron chi connectivity index (χ1n) is 11.2. The van der Waals surface area contributed by atoms with Gasteiger partial charge in [-0.2, -0.15) is 0 Å². The number of nitro groups is 1. The van der Waals surface area contributed by atoms with Gasteiger partial charge in [0.2, 0.25) is 5.91 Å². The Kier molecular flexibility index (Phi) is 7.02. The topological polar surface area (TPSA) is 146 Å². The van der Waals surface area contributed by atoms with E-state index in [1.165, 1.54) is 36.1 Å². The average molecular weight is 496 g/mol. The van der Waals surface area contributed by atoms with Gasteiger partial charge in [0.15, 0.2) is 5.70 Å². The van der Waals surface area contributed by atoms with Crippen molar-refractivity contribution in [3.05, 3.63) is 87.3 Å². The highest BCUT2D eigenvalue weighted by Crippen LogP contribution is 2.47. The van der Waals surface area contributed by atoms with Crippen molar-refractivity contribution in [2.24, 2.45) is 11.8 Å². The van der Waals surface area contributed by atoms with Gasteiger partial charge in [-0.25, -0.2) is 9.59 Å². The molecule has 2 heterocycles. The highest BCUT2D eigenvalue weighted by atomic mass is 16.7. The molecule has 36 heavy (non-hydrogen) atoms. The number of carbonyl (C=O) groups excluding carboxylic acids is 3. The minimum atomic E-state index is -1.05. The molecule has 0 unspecified atom stereocenters. The predicted molar refractivity (Wildman–Crippen MR) is 123 cm³/mol. The SMILES string of the molecule is C[C@@H](O)[C@H]1C(=O)N2C(C(=O)OCc3ccc([N+](=O)[O-])cc3)=C(OC(=O)OCc3ccccc3)[C@H](C)[C@H]12. The lowest BCUT2D eigenvalue weighted by atomic mass is 9.79. The van der Waals surface area contributed by atoms with Crippen LogP contribution in [0.3, 0.4) is 0 Å². The number of esters is 1. The summed E-state index contributed by atoms with van der Waals surface area (Å²) in [6.07, 6.45) is -2.02. The lowest BCUT2D eigenvalue weighted by Gasteiger charge is -2.46. The van der Waals surface area contributed by atoms with Crippen LogP contribution in [-0.2, 0) is 37.0 Å². The van der Waals surface area contributed by atoms with Crippen LogP contribution < -0.4 is 0 Å². The van der Waals surface area contributed by atoms with Gasteiger partial charge in [-0.15, -0.1) is 0 Å². The van der Waals surface area contributed by atoms with E-state index in [0.717, 1.165) is 5.56 Å². The smallest absolute Gasteiger partial charge is 0.456 e. The summed E-state index contributed by atoms with van der Waals surface area (Å²) >= 11 is 0. The quantitative estimate of drug-likeness (QED) is 0.252. The molecule has 4 rings (SSSR count). The third-order valence-corrected chi connectivity index (χ3v) is 6.21. The van der Waals surface area contributed by atoms with Crippen LogP contribution in [-0.4, -0.2) is 45.1 Å². The summed E-state index contributed by atoms with van der Waals surface area (Å²) in [5.74, 6) is -2.83. The number of rotatable bonds is 8. The van der Waals surface area contributed by atoms with Crippen molar-refractivity contribution in [3.63, 3.8) is 0 Å². The van der Waals surface area contributed by atoms with Crippen LogP contribution in [0.25, 0.3) is 0 Å². The van der Waals surface area contributed by atoms with Gasteiger partial charge < -0.3 is 19.3 Å². The summed E-state index contributed by atoms with van der Waals surface area (Å²) in [6.45, 7) is 2.87. The van der Waals surface area contributed by atoms with Crippen LogP contribution in [0.4, 0.5) is 10.5 Å². The van der Waals surface area contributed by atoms with Crippen LogP contribution in [0.15, 0.2) is 66.1 Å². The van der Waals surface area contributed by atoms with Crippen molar-refractivity contribution in [1.29, 1.82) is 0 Å². The molecule has 1 fully saturated rings. The van der Waals surface area contributed by atoms with Crippen molar-refractivity contribution in [2.75, 3.05) is 0 Å². The number of amides is 1. The van der Waals surface area contributed by atoms with Gasteiger partial charge in [0, 0.05) is 18.1 Å². The number of hydrogen-bond acceptors (Lipinski definition) is 9. The van der Waals surface area contributed by atoms with E-state index < -0.39 is 46.9 Å². The summed E-state index contributed by atoms with van der Waals surface area (Å²) in [4.78, 5) is 49.7. The second kappa shape index (κ2) is 10.2. The second-order valence-corrected chi connectivity index (χ2v) is 8.59. The number of nitrogens with zero attached hydrogens (tertiary/aromatic N) is 2. The molecule has 11 nitrogen and oxygen atoms in total. The molecule has 2 aliphatic heterocycles. The fraction of sp³-hybridized carbons (Fsp3) is 0.320. The molecule has 11 heteroatoms. The Hall–Kier alpha value is -4.25. The lowest BCUT2D eigenvalue weighted by Crippen LogP contribution is -2.63. The van der Waals surface area contributed by atoms with Crippen LogP contribution in [0.1, 0.15) is 25.0 Å². The minimum absolute atomic E-state index is 0.0520. The third kappa shape index (κ3) is 4.78. The Labute approximate surface area is 206 Å². The second-order valence-electron chi connectivity index (χ2n) is 8.59. The first-order valence-corrected chi connectivity index (χ1v) is 11.2. The summed E-state index contributed by atoms with van der Waals surface area (Å²) < 4.78 is 15.9. The molecule has 2 aromatic carbocycles. The summed E-state index contributed by atoms with van der Waals surface area (Å²) in [7, 11) is 0. The Bertz CT molecular complexity index is 1210. The molecule has 0 saturated carbocycles. The molecule has 1 amide bonds. The first-order chi connectivity index (χ1) is 17.2. The zero-order valence-corrected chi connectivity index (χ0v) is 19.5. The molecule has 1 saturated heterocycles. The van der Waals surface area contributed by atoms with Gasteiger partial charge in [-0.3, -0.25) is 19.8 Å². The molecule has 0 spiro atoms. The van der Waals surface area contributed by atoms with Gasteiger partial charge in [-0.1, -0.05) is 37.3 Å². The van der Waals surface area contributed by atoms with Crippen LogP contribution in [0, 0.1) is 22.0 Å². The van der Waals surface area contributed by atoms with Gasteiger partial charge in [0.25, 0.3) is 5.69 Å². The zero-order chi connectivity index (χ0) is 26.0. The molecular weight excluding hydrogens is 472 g/mol. The maximum absolute atomic E-state index is 13.0. The van der Waals surface area contributed by atoms with Crippen molar-refractivity contribution in [2.45, 2.75) is 39.2 Å². The molecule has 0 bridgehead atoms. The number of aliphatic hydroxyl groups excluding tert-OH is 1. The van der Waals surface area contributed by atoms with Crippen molar-refractivity contribution in [1.82, 2.24) is 4.90 Å². The summed E-state index contributed by atoms with van der Waals surface area (Å²) in [5, 5.41) is 20.9. The number of hydrogen-bond donors (Lipinski definition) is 1. The van der Waals surface area contributed by atoms with E-state index in [2.05, 4.69) is 0 Å². The van der Waals surface area contributed by atoms with Crippen molar-refractivity contribution in [3.8, 4) is 0 Å². The Morgan fingerprint density at radius 1 is 1.06 bits per heavy atom. The zero-order valence-electron chi connectivity index (χ0n) is 19.5. The standard InChI is InChI=1S/C25H24N2O9/c1-14-20-19(15(2)28)23(29)26(20)21(22(14)36-25(31)35-13-16-6-4-3-5-7-16)24(30)34-12-17-8-10-18(11-9-17)27(32)33/h3-11,14-15,19-20,28H,12-13H2,1-2H3/t14-,15-,19-,20-/m1/s1. The molecule has 0 aliphatic carbocycles. The van der Waals surface area contributed by atoms with Gasteiger partial charge >= 0.3 is 12.1 Å². The van der Waals surface area contributed by atoms with E-state index in [1.807, 2.05) is 6.07 Å². The number of fused-ring (bicyclic) bond motifs is 1. The fourth-order valence-corrected chi connectivity index (χ4v) is 4.41. The highest BCUT2D eigenvalue weighted by Gasteiger charge is 2.61. The molecule has 0 radical (unpaired) electrons. The number of benzene rings is 2. The van der Waals surface area contributed by atoms with E-state index in [4.69, 9.17) is 14.2 Å². The molecule has 2 aromatic rings.